The summed E-state index contributed by atoms with van der Waals surface area (Å²) in [6.07, 6.45) is 5.59. The van der Waals surface area contributed by atoms with Crippen LogP contribution in [0.15, 0.2) is 66.7 Å². The van der Waals surface area contributed by atoms with Crippen LogP contribution in [0.1, 0.15) is 45.4 Å². The Morgan fingerprint density at radius 3 is 2.70 bits per heavy atom. The fourth-order valence-corrected chi connectivity index (χ4v) is 4.88. The third kappa shape index (κ3) is 2.38. The maximum atomic E-state index is 11.6. The Labute approximate surface area is 158 Å². The molecule has 0 unspecified atom stereocenters. The van der Waals surface area contributed by atoms with Gasteiger partial charge in [-0.3, -0.25) is 0 Å². The van der Waals surface area contributed by atoms with E-state index in [4.69, 9.17) is 0 Å². The summed E-state index contributed by atoms with van der Waals surface area (Å²) in [5.74, 6) is -0.104. The monoisotopic (exact) mass is 355 g/mol. The number of hydrogen-bond acceptors (Lipinski definition) is 2. The first-order chi connectivity index (χ1) is 13.1. The largest absolute Gasteiger partial charge is 0.478 e. The average molecular weight is 355 g/mol. The molecule has 0 fully saturated rings. The zero-order valence-corrected chi connectivity index (χ0v) is 15.1. The second-order valence-corrected chi connectivity index (χ2v) is 7.55. The van der Waals surface area contributed by atoms with Crippen LogP contribution in [-0.2, 0) is 0 Å². The molecule has 5 rings (SSSR count). The molecule has 0 spiro atoms. The number of rotatable bonds is 2. The van der Waals surface area contributed by atoms with E-state index in [1.54, 1.807) is 6.07 Å². The number of carbonyl (C=O) groups is 1. The minimum absolute atomic E-state index is 0.159. The molecule has 1 aliphatic carbocycles. The average Bonchev–Trinajstić information content (AvgIpc) is 3.17. The third-order valence-electron chi connectivity index (χ3n) is 6.19. The number of hydrogen-bond donors (Lipinski definition) is 2. The third-order valence-corrected chi connectivity index (χ3v) is 6.19. The summed E-state index contributed by atoms with van der Waals surface area (Å²) in [6.45, 7) is 1.91. The van der Waals surface area contributed by atoms with E-state index >= 15 is 0 Å². The van der Waals surface area contributed by atoms with Crippen LogP contribution < -0.4 is 5.32 Å². The van der Waals surface area contributed by atoms with Gasteiger partial charge >= 0.3 is 5.97 Å². The van der Waals surface area contributed by atoms with Gasteiger partial charge in [-0.15, -0.1) is 0 Å². The van der Waals surface area contributed by atoms with Gasteiger partial charge in [-0.05, 0) is 52.8 Å². The fourth-order valence-electron chi connectivity index (χ4n) is 4.88. The van der Waals surface area contributed by atoms with Crippen molar-refractivity contribution in [1.82, 2.24) is 0 Å². The van der Waals surface area contributed by atoms with E-state index < -0.39 is 5.97 Å². The Balaban J connectivity index is 1.70. The lowest BCUT2D eigenvalue weighted by atomic mass is 9.75. The number of benzene rings is 3. The van der Waals surface area contributed by atoms with E-state index in [-0.39, 0.29) is 6.04 Å². The van der Waals surface area contributed by atoms with Crippen LogP contribution in [0.5, 0.6) is 0 Å². The van der Waals surface area contributed by atoms with Gasteiger partial charge in [-0.1, -0.05) is 60.7 Å². The summed E-state index contributed by atoms with van der Waals surface area (Å²) in [7, 11) is 0. The molecular formula is C24H21NO2. The fraction of sp³-hybridized carbons (Fsp3) is 0.208. The molecular weight excluding hydrogens is 334 g/mol. The lowest BCUT2D eigenvalue weighted by molar-refractivity contribution is 0.0696. The van der Waals surface area contributed by atoms with Crippen molar-refractivity contribution in [3.05, 3.63) is 89.0 Å². The number of anilines is 1. The molecule has 0 amide bonds. The molecule has 3 nitrogen and oxygen atoms in total. The summed E-state index contributed by atoms with van der Waals surface area (Å²) in [4.78, 5) is 11.6. The molecule has 0 saturated carbocycles. The number of carboxylic acid groups (broad SMARTS) is 1. The topological polar surface area (TPSA) is 49.3 Å². The van der Waals surface area contributed by atoms with E-state index in [9.17, 15) is 9.90 Å². The molecule has 0 bridgehead atoms. The van der Waals surface area contributed by atoms with Gasteiger partial charge in [0.05, 0.1) is 11.6 Å². The van der Waals surface area contributed by atoms with E-state index in [0.717, 1.165) is 17.7 Å². The number of carboxylic acids is 1. The molecule has 0 radical (unpaired) electrons. The zero-order chi connectivity index (χ0) is 18.5. The van der Waals surface area contributed by atoms with Crippen LogP contribution in [0.3, 0.4) is 0 Å². The summed E-state index contributed by atoms with van der Waals surface area (Å²) < 4.78 is 0. The van der Waals surface area contributed by atoms with E-state index in [2.05, 4.69) is 59.9 Å². The lowest BCUT2D eigenvalue weighted by Crippen LogP contribution is -2.30. The Morgan fingerprint density at radius 1 is 1.04 bits per heavy atom. The van der Waals surface area contributed by atoms with Crippen LogP contribution in [-0.4, -0.2) is 11.1 Å². The van der Waals surface area contributed by atoms with Crippen LogP contribution >= 0.6 is 0 Å². The molecule has 0 aromatic heterocycles. The molecule has 1 aliphatic heterocycles. The highest BCUT2D eigenvalue weighted by molar-refractivity contribution is 5.92. The van der Waals surface area contributed by atoms with Gasteiger partial charge in [0.1, 0.15) is 0 Å². The van der Waals surface area contributed by atoms with Crippen LogP contribution in [0.4, 0.5) is 5.69 Å². The summed E-state index contributed by atoms with van der Waals surface area (Å²) in [6, 6.07) is 18.8. The number of aromatic carboxylic acids is 1. The molecule has 0 saturated heterocycles. The number of fused-ring (bicyclic) bond motifs is 4. The molecule has 3 atom stereocenters. The second kappa shape index (κ2) is 5.98. The highest BCUT2D eigenvalue weighted by Crippen LogP contribution is 2.51. The second-order valence-electron chi connectivity index (χ2n) is 7.55. The first-order valence-corrected chi connectivity index (χ1v) is 9.43. The van der Waals surface area contributed by atoms with Gasteiger partial charge < -0.3 is 10.4 Å². The first-order valence-electron chi connectivity index (χ1n) is 9.43. The SMILES string of the molecule is Cc1c(C(=O)O)ccc2c1N[C@H](c1cccc3ccccc13)[C@H]1CC=C[C@@H]21. The quantitative estimate of drug-likeness (QED) is 0.582. The van der Waals surface area contributed by atoms with Gasteiger partial charge in [-0.2, -0.15) is 0 Å². The van der Waals surface area contributed by atoms with Crippen molar-refractivity contribution in [2.24, 2.45) is 5.92 Å². The van der Waals surface area contributed by atoms with Crippen molar-refractivity contribution in [1.29, 1.82) is 0 Å². The van der Waals surface area contributed by atoms with E-state index in [0.29, 0.717) is 17.4 Å². The Kier molecular flexibility index (Phi) is 3.57. The molecule has 2 aliphatic rings. The van der Waals surface area contributed by atoms with Crippen molar-refractivity contribution >= 4 is 22.4 Å². The number of allylic oxidation sites excluding steroid dienone is 2. The molecule has 2 N–H and O–H groups in total. The van der Waals surface area contributed by atoms with Crippen molar-refractivity contribution in [2.75, 3.05) is 5.32 Å². The van der Waals surface area contributed by atoms with Crippen molar-refractivity contribution in [3.8, 4) is 0 Å². The van der Waals surface area contributed by atoms with Crippen molar-refractivity contribution < 1.29 is 9.90 Å². The summed E-state index contributed by atoms with van der Waals surface area (Å²) in [5.41, 5.74) is 4.69. The maximum absolute atomic E-state index is 11.6. The van der Waals surface area contributed by atoms with Crippen LogP contribution in [0, 0.1) is 12.8 Å². The minimum atomic E-state index is -0.872. The molecule has 1 heterocycles. The molecule has 3 aromatic carbocycles. The predicted octanol–water partition coefficient (Wildman–Crippen LogP) is 5.67. The van der Waals surface area contributed by atoms with Crippen LogP contribution in [0.2, 0.25) is 0 Å². The Hall–Kier alpha value is -3.07. The van der Waals surface area contributed by atoms with Gasteiger partial charge in [-0.25, -0.2) is 4.79 Å². The Morgan fingerprint density at radius 2 is 1.85 bits per heavy atom. The smallest absolute Gasteiger partial charge is 0.336 e. The van der Waals surface area contributed by atoms with Crippen LogP contribution in [0.25, 0.3) is 10.8 Å². The van der Waals surface area contributed by atoms with Gasteiger partial charge in [0.25, 0.3) is 0 Å². The predicted molar refractivity (Wildman–Crippen MR) is 108 cm³/mol. The highest BCUT2D eigenvalue weighted by atomic mass is 16.4. The zero-order valence-electron chi connectivity index (χ0n) is 15.1. The first kappa shape index (κ1) is 16.1. The normalized spacial score (nSPS) is 22.9. The highest BCUT2D eigenvalue weighted by Gasteiger charge is 2.39. The molecule has 27 heavy (non-hydrogen) atoms. The Bertz CT molecular complexity index is 1090. The standard InChI is InChI=1S/C24H21NO2/c1-14-16(24(26)27)12-13-21-18-9-5-11-20(18)23(25-22(14)21)19-10-4-7-15-6-2-3-8-17(15)19/h2-10,12-13,18,20,23,25H,11H2,1H3,(H,26,27)/t18-,20+,23-/m1/s1. The van der Waals surface area contributed by atoms with Gasteiger partial charge in [0.15, 0.2) is 0 Å². The molecule has 134 valence electrons. The maximum Gasteiger partial charge on any atom is 0.336 e. The molecule has 3 aromatic rings. The van der Waals surface area contributed by atoms with Gasteiger partial charge in [0.2, 0.25) is 0 Å². The summed E-state index contributed by atoms with van der Waals surface area (Å²) >= 11 is 0. The molecule has 3 heteroatoms. The lowest BCUT2D eigenvalue weighted by Gasteiger charge is -2.39. The van der Waals surface area contributed by atoms with Crippen molar-refractivity contribution in [2.45, 2.75) is 25.3 Å². The minimum Gasteiger partial charge on any atom is -0.478 e. The van der Waals surface area contributed by atoms with Crippen molar-refractivity contribution in [3.63, 3.8) is 0 Å². The summed E-state index contributed by atoms with van der Waals surface area (Å²) in [5, 5.41) is 15.8. The van der Waals surface area contributed by atoms with E-state index in [1.807, 2.05) is 13.0 Å². The number of nitrogens with one attached hydrogen (secondary N) is 1. The van der Waals surface area contributed by atoms with Gasteiger partial charge in [0, 0.05) is 11.6 Å². The van der Waals surface area contributed by atoms with E-state index in [1.165, 1.54) is 21.9 Å².